The molecule has 0 bridgehead atoms. The molecule has 1 rings (SSSR count). The first kappa shape index (κ1) is 16.8. The number of para-hydroxylation sites is 1. The molecule has 0 aromatic heterocycles. The molecule has 0 fully saturated rings. The number of ether oxygens (including phenoxy) is 1. The first-order valence-corrected chi connectivity index (χ1v) is 7.28. The lowest BCUT2D eigenvalue weighted by Gasteiger charge is -2.19. The summed E-state index contributed by atoms with van der Waals surface area (Å²) < 4.78 is 5.74. The molecule has 1 amide bonds. The second-order valence-corrected chi connectivity index (χ2v) is 5.33. The highest BCUT2D eigenvalue weighted by molar-refractivity contribution is 6.32. The van der Waals surface area contributed by atoms with E-state index in [1.165, 1.54) is 0 Å². The van der Waals surface area contributed by atoms with E-state index >= 15 is 0 Å². The van der Waals surface area contributed by atoms with E-state index in [0.717, 1.165) is 5.56 Å². The normalized spacial score (nSPS) is 12.3. The molecule has 5 heteroatoms. The van der Waals surface area contributed by atoms with Crippen molar-refractivity contribution in [3.63, 3.8) is 0 Å². The standard InChI is InChI=1S/C15H23ClN2O2/c1-5-17-15(19)11(4)20-14-12(9-18-10(2)3)7-6-8-13(14)16/h6-8,10-11,18H,5,9H2,1-4H3,(H,17,19). The van der Waals surface area contributed by atoms with E-state index in [-0.39, 0.29) is 5.91 Å². The highest BCUT2D eigenvalue weighted by Crippen LogP contribution is 2.29. The van der Waals surface area contributed by atoms with Crippen molar-refractivity contribution in [2.24, 2.45) is 0 Å². The van der Waals surface area contributed by atoms with E-state index in [0.29, 0.717) is 29.9 Å². The predicted octanol–water partition coefficient (Wildman–Crippen LogP) is 2.74. The Bertz CT molecular complexity index is 449. The van der Waals surface area contributed by atoms with E-state index in [4.69, 9.17) is 16.3 Å². The van der Waals surface area contributed by atoms with Crippen LogP contribution in [0.15, 0.2) is 18.2 Å². The van der Waals surface area contributed by atoms with Crippen molar-refractivity contribution in [1.82, 2.24) is 10.6 Å². The fourth-order valence-corrected chi connectivity index (χ4v) is 1.93. The molecule has 20 heavy (non-hydrogen) atoms. The molecule has 0 saturated carbocycles. The molecule has 112 valence electrons. The van der Waals surface area contributed by atoms with Gasteiger partial charge in [0.25, 0.3) is 5.91 Å². The first-order chi connectivity index (χ1) is 9.45. The van der Waals surface area contributed by atoms with Crippen molar-refractivity contribution >= 4 is 17.5 Å². The monoisotopic (exact) mass is 298 g/mol. The average molecular weight is 299 g/mol. The van der Waals surface area contributed by atoms with E-state index in [2.05, 4.69) is 24.5 Å². The Morgan fingerprint density at radius 2 is 2.05 bits per heavy atom. The van der Waals surface area contributed by atoms with Gasteiger partial charge in [0.2, 0.25) is 0 Å². The number of likely N-dealkylation sites (N-methyl/N-ethyl adjacent to an activating group) is 1. The van der Waals surface area contributed by atoms with Gasteiger partial charge in [-0.15, -0.1) is 0 Å². The van der Waals surface area contributed by atoms with Crippen LogP contribution >= 0.6 is 11.6 Å². The van der Waals surface area contributed by atoms with Gasteiger partial charge in [-0.3, -0.25) is 4.79 Å². The van der Waals surface area contributed by atoms with Gasteiger partial charge >= 0.3 is 0 Å². The zero-order valence-corrected chi connectivity index (χ0v) is 13.3. The summed E-state index contributed by atoms with van der Waals surface area (Å²) in [5.41, 5.74) is 0.947. The lowest BCUT2D eigenvalue weighted by atomic mass is 10.2. The summed E-state index contributed by atoms with van der Waals surface area (Å²) in [6.45, 7) is 8.96. The predicted molar refractivity (Wildman–Crippen MR) is 82.2 cm³/mol. The van der Waals surface area contributed by atoms with Gasteiger partial charge < -0.3 is 15.4 Å². The second-order valence-electron chi connectivity index (χ2n) is 4.92. The van der Waals surface area contributed by atoms with Crippen molar-refractivity contribution in [1.29, 1.82) is 0 Å². The van der Waals surface area contributed by atoms with Gasteiger partial charge in [0.15, 0.2) is 6.10 Å². The van der Waals surface area contributed by atoms with Crippen LogP contribution < -0.4 is 15.4 Å². The average Bonchev–Trinajstić information content (AvgIpc) is 2.39. The fourth-order valence-electron chi connectivity index (χ4n) is 1.69. The molecule has 0 radical (unpaired) electrons. The van der Waals surface area contributed by atoms with Crippen LogP contribution in [0.1, 0.15) is 33.3 Å². The topological polar surface area (TPSA) is 50.4 Å². The molecule has 0 saturated heterocycles. The van der Waals surface area contributed by atoms with Crippen LogP contribution in [0, 0.1) is 0 Å². The van der Waals surface area contributed by atoms with Crippen molar-refractivity contribution in [2.45, 2.75) is 46.4 Å². The molecule has 2 N–H and O–H groups in total. The van der Waals surface area contributed by atoms with Crippen molar-refractivity contribution in [3.05, 3.63) is 28.8 Å². The highest BCUT2D eigenvalue weighted by atomic mass is 35.5. The quantitative estimate of drug-likeness (QED) is 0.814. The van der Waals surface area contributed by atoms with E-state index in [1.54, 1.807) is 13.0 Å². The summed E-state index contributed by atoms with van der Waals surface area (Å²) >= 11 is 6.19. The molecule has 4 nitrogen and oxygen atoms in total. The van der Waals surface area contributed by atoms with Gasteiger partial charge in [-0.1, -0.05) is 37.6 Å². The Morgan fingerprint density at radius 1 is 1.35 bits per heavy atom. The van der Waals surface area contributed by atoms with Gasteiger partial charge in [-0.05, 0) is 19.9 Å². The van der Waals surface area contributed by atoms with Crippen LogP contribution in [0.25, 0.3) is 0 Å². The van der Waals surface area contributed by atoms with Crippen LogP contribution in [-0.2, 0) is 11.3 Å². The summed E-state index contributed by atoms with van der Waals surface area (Å²) in [6.07, 6.45) is -0.576. The van der Waals surface area contributed by atoms with Crippen LogP contribution in [-0.4, -0.2) is 24.6 Å². The van der Waals surface area contributed by atoms with Crippen molar-refractivity contribution in [2.75, 3.05) is 6.54 Å². The van der Waals surface area contributed by atoms with Gasteiger partial charge in [0, 0.05) is 24.7 Å². The van der Waals surface area contributed by atoms with Gasteiger partial charge in [-0.2, -0.15) is 0 Å². The van der Waals surface area contributed by atoms with Gasteiger partial charge in [0.05, 0.1) is 5.02 Å². The van der Waals surface area contributed by atoms with Crippen LogP contribution in [0.3, 0.4) is 0 Å². The third kappa shape index (κ3) is 5.02. The van der Waals surface area contributed by atoms with E-state index in [1.807, 2.05) is 19.1 Å². The molecular weight excluding hydrogens is 276 g/mol. The molecular formula is C15H23ClN2O2. The zero-order chi connectivity index (χ0) is 15.1. The SMILES string of the molecule is CCNC(=O)C(C)Oc1c(Cl)cccc1CNC(C)C. The molecule has 1 aromatic carbocycles. The third-order valence-corrected chi connectivity index (χ3v) is 3.06. The summed E-state index contributed by atoms with van der Waals surface area (Å²) in [5, 5.41) is 6.57. The number of hydrogen-bond donors (Lipinski definition) is 2. The fraction of sp³-hybridized carbons (Fsp3) is 0.533. The third-order valence-electron chi connectivity index (χ3n) is 2.76. The minimum absolute atomic E-state index is 0.143. The zero-order valence-electron chi connectivity index (χ0n) is 12.5. The number of halogens is 1. The Morgan fingerprint density at radius 3 is 2.65 bits per heavy atom. The summed E-state index contributed by atoms with van der Waals surface area (Å²) in [5.74, 6) is 0.427. The molecule has 1 unspecified atom stereocenters. The minimum Gasteiger partial charge on any atom is -0.479 e. The molecule has 0 aliphatic rings. The highest BCUT2D eigenvalue weighted by Gasteiger charge is 2.17. The number of carbonyl (C=O) groups is 1. The molecule has 0 heterocycles. The first-order valence-electron chi connectivity index (χ1n) is 6.90. The van der Waals surface area contributed by atoms with Gasteiger partial charge in [-0.25, -0.2) is 0 Å². The van der Waals surface area contributed by atoms with Crippen LogP contribution in [0.5, 0.6) is 5.75 Å². The van der Waals surface area contributed by atoms with Crippen molar-refractivity contribution < 1.29 is 9.53 Å². The lowest BCUT2D eigenvalue weighted by molar-refractivity contribution is -0.127. The minimum atomic E-state index is -0.576. The summed E-state index contributed by atoms with van der Waals surface area (Å²) in [6, 6.07) is 5.95. The number of nitrogens with one attached hydrogen (secondary N) is 2. The summed E-state index contributed by atoms with van der Waals surface area (Å²) in [4.78, 5) is 11.7. The van der Waals surface area contributed by atoms with E-state index in [9.17, 15) is 4.79 Å². The molecule has 1 aromatic rings. The van der Waals surface area contributed by atoms with E-state index < -0.39 is 6.10 Å². The maximum Gasteiger partial charge on any atom is 0.260 e. The summed E-state index contributed by atoms with van der Waals surface area (Å²) in [7, 11) is 0. The van der Waals surface area contributed by atoms with Crippen molar-refractivity contribution in [3.8, 4) is 5.75 Å². The van der Waals surface area contributed by atoms with Crippen LogP contribution in [0.4, 0.5) is 0 Å². The Kier molecular flexibility index (Phi) is 6.82. The van der Waals surface area contributed by atoms with Crippen LogP contribution in [0.2, 0.25) is 5.02 Å². The maximum absolute atomic E-state index is 11.7. The number of rotatable bonds is 7. The molecule has 1 atom stereocenters. The Balaban J connectivity index is 2.84. The number of hydrogen-bond acceptors (Lipinski definition) is 3. The second kappa shape index (κ2) is 8.12. The molecule has 0 aliphatic carbocycles. The number of amides is 1. The lowest BCUT2D eigenvalue weighted by Crippen LogP contribution is -2.36. The maximum atomic E-state index is 11.7. The number of carbonyl (C=O) groups excluding carboxylic acids is 1. The van der Waals surface area contributed by atoms with Gasteiger partial charge in [0.1, 0.15) is 5.75 Å². The smallest absolute Gasteiger partial charge is 0.260 e. The Labute approximate surface area is 125 Å². The largest absolute Gasteiger partial charge is 0.479 e. The Hall–Kier alpha value is -1.26. The molecule has 0 spiro atoms. The number of benzene rings is 1. The molecule has 0 aliphatic heterocycles.